The summed E-state index contributed by atoms with van der Waals surface area (Å²) in [6, 6.07) is 19.8. The van der Waals surface area contributed by atoms with Crippen LogP contribution < -0.4 is 9.47 Å². The van der Waals surface area contributed by atoms with E-state index < -0.39 is 0 Å². The number of aromatic amines is 1. The lowest BCUT2D eigenvalue weighted by Crippen LogP contribution is -2.04. The van der Waals surface area contributed by atoms with Gasteiger partial charge in [-0.2, -0.15) is 5.10 Å². The van der Waals surface area contributed by atoms with Crippen LogP contribution in [0.3, 0.4) is 0 Å². The van der Waals surface area contributed by atoms with Crippen molar-refractivity contribution in [3.05, 3.63) is 89.6 Å². The fraction of sp³-hybridized carbons (Fsp3) is 0.154. The first-order chi connectivity index (χ1) is 16.0. The number of hydrogen-bond donors (Lipinski definition) is 2. The predicted molar refractivity (Wildman–Crippen MR) is 124 cm³/mol. The number of nitrogens with zero attached hydrogens (tertiary/aromatic N) is 1. The van der Waals surface area contributed by atoms with Crippen molar-refractivity contribution in [2.45, 2.75) is 20.5 Å². The number of rotatable bonds is 8. The van der Waals surface area contributed by atoms with E-state index in [1.54, 1.807) is 49.4 Å². The molecule has 7 nitrogen and oxygen atoms in total. The monoisotopic (exact) mass is 444 g/mol. The van der Waals surface area contributed by atoms with Crippen LogP contribution in [0.1, 0.15) is 28.4 Å². The molecule has 0 unspecified atom stereocenters. The van der Waals surface area contributed by atoms with Crippen LogP contribution in [0, 0.1) is 6.92 Å². The summed E-state index contributed by atoms with van der Waals surface area (Å²) in [6.45, 7) is 4.51. The Morgan fingerprint density at radius 3 is 2.42 bits per heavy atom. The highest BCUT2D eigenvalue weighted by Gasteiger charge is 2.15. The second-order valence-electron chi connectivity index (χ2n) is 7.41. The Morgan fingerprint density at radius 2 is 1.73 bits per heavy atom. The lowest BCUT2D eigenvalue weighted by atomic mass is 10.1. The van der Waals surface area contributed by atoms with E-state index in [2.05, 4.69) is 10.2 Å². The fourth-order valence-corrected chi connectivity index (χ4v) is 3.21. The van der Waals surface area contributed by atoms with Crippen LogP contribution in [0.15, 0.2) is 72.9 Å². The van der Waals surface area contributed by atoms with Gasteiger partial charge in [0.15, 0.2) is 5.75 Å². The van der Waals surface area contributed by atoms with Crippen molar-refractivity contribution in [1.82, 2.24) is 10.2 Å². The maximum atomic E-state index is 11.8. The van der Waals surface area contributed by atoms with E-state index in [1.807, 2.05) is 31.2 Å². The largest absolute Gasteiger partial charge is 0.507 e. The van der Waals surface area contributed by atoms with E-state index in [-0.39, 0.29) is 11.7 Å². The van der Waals surface area contributed by atoms with E-state index >= 15 is 0 Å². The molecule has 0 atom stereocenters. The smallest absolute Gasteiger partial charge is 0.338 e. The van der Waals surface area contributed by atoms with Gasteiger partial charge in [-0.05, 0) is 55.8 Å². The maximum absolute atomic E-state index is 11.8. The molecule has 4 rings (SSSR count). The van der Waals surface area contributed by atoms with Crippen LogP contribution in [0.5, 0.6) is 23.0 Å². The Bertz CT molecular complexity index is 1230. The molecule has 0 aliphatic rings. The van der Waals surface area contributed by atoms with Gasteiger partial charge in [0.2, 0.25) is 0 Å². The SMILES string of the molecule is CCOC(=O)c1ccc(Oc2cn[nH]c2-c2ccc(OCc3ccc(C)cc3)cc2O)cc1. The predicted octanol–water partition coefficient (Wildman–Crippen LogP) is 5.64. The Hall–Kier alpha value is -4.26. The van der Waals surface area contributed by atoms with Gasteiger partial charge in [-0.15, -0.1) is 0 Å². The number of ether oxygens (including phenoxy) is 3. The van der Waals surface area contributed by atoms with E-state index in [0.29, 0.717) is 47.3 Å². The summed E-state index contributed by atoms with van der Waals surface area (Å²) in [4.78, 5) is 11.8. The van der Waals surface area contributed by atoms with Gasteiger partial charge in [0.1, 0.15) is 29.5 Å². The number of aromatic nitrogens is 2. The Kier molecular flexibility index (Phi) is 6.59. The standard InChI is InChI=1S/C26H24N2O5/c1-3-31-26(30)19-8-10-20(11-9-19)33-24-15-27-28-25(24)22-13-12-21(14-23(22)29)32-16-18-6-4-17(2)5-7-18/h4-15,29H,3,16H2,1-2H3,(H,27,28). The average molecular weight is 444 g/mol. The zero-order chi connectivity index (χ0) is 23.2. The number of benzene rings is 3. The summed E-state index contributed by atoms with van der Waals surface area (Å²) in [5.74, 6) is 1.14. The third-order valence-corrected chi connectivity index (χ3v) is 4.96. The Morgan fingerprint density at radius 1 is 1.00 bits per heavy atom. The normalized spacial score (nSPS) is 10.6. The molecule has 1 heterocycles. The van der Waals surface area contributed by atoms with Gasteiger partial charge in [-0.1, -0.05) is 29.8 Å². The Labute approximate surface area is 191 Å². The number of H-pyrrole nitrogens is 1. The summed E-state index contributed by atoms with van der Waals surface area (Å²) in [6.07, 6.45) is 1.52. The highest BCUT2D eigenvalue weighted by atomic mass is 16.5. The van der Waals surface area contributed by atoms with Crippen LogP contribution in [0.2, 0.25) is 0 Å². The number of phenols is 1. The molecule has 33 heavy (non-hydrogen) atoms. The molecule has 7 heteroatoms. The van der Waals surface area contributed by atoms with Crippen LogP contribution in [-0.4, -0.2) is 27.9 Å². The number of hydrogen-bond acceptors (Lipinski definition) is 6. The van der Waals surface area contributed by atoms with E-state index in [1.165, 1.54) is 11.8 Å². The van der Waals surface area contributed by atoms with Crippen molar-refractivity contribution in [2.75, 3.05) is 6.61 Å². The Balaban J connectivity index is 1.46. The van der Waals surface area contributed by atoms with Crippen molar-refractivity contribution < 1.29 is 24.1 Å². The van der Waals surface area contributed by atoms with Gasteiger partial charge >= 0.3 is 5.97 Å². The summed E-state index contributed by atoms with van der Waals surface area (Å²) in [5, 5.41) is 17.5. The zero-order valence-electron chi connectivity index (χ0n) is 18.4. The highest BCUT2D eigenvalue weighted by molar-refractivity contribution is 5.89. The molecule has 3 aromatic carbocycles. The number of carbonyl (C=O) groups excluding carboxylic acids is 1. The maximum Gasteiger partial charge on any atom is 0.338 e. The fourth-order valence-electron chi connectivity index (χ4n) is 3.21. The lowest BCUT2D eigenvalue weighted by Gasteiger charge is -2.11. The minimum absolute atomic E-state index is 0.0307. The summed E-state index contributed by atoms with van der Waals surface area (Å²) >= 11 is 0. The van der Waals surface area contributed by atoms with Crippen LogP contribution >= 0.6 is 0 Å². The third-order valence-electron chi connectivity index (χ3n) is 4.96. The van der Waals surface area contributed by atoms with Gasteiger partial charge in [-0.25, -0.2) is 4.79 Å². The molecule has 0 spiro atoms. The molecule has 0 fully saturated rings. The van der Waals surface area contributed by atoms with E-state index in [9.17, 15) is 9.90 Å². The molecular formula is C26H24N2O5. The number of aryl methyl sites for hydroxylation is 1. The molecule has 0 saturated carbocycles. The highest BCUT2D eigenvalue weighted by Crippen LogP contribution is 2.38. The van der Waals surface area contributed by atoms with Crippen LogP contribution in [0.4, 0.5) is 0 Å². The molecule has 168 valence electrons. The van der Waals surface area contributed by atoms with Gasteiger partial charge in [0.25, 0.3) is 0 Å². The first-order valence-electron chi connectivity index (χ1n) is 10.5. The molecule has 0 bridgehead atoms. The number of esters is 1. The molecule has 2 N–H and O–H groups in total. The van der Waals surface area contributed by atoms with Crippen LogP contribution in [0.25, 0.3) is 11.3 Å². The average Bonchev–Trinajstić information content (AvgIpc) is 3.27. The lowest BCUT2D eigenvalue weighted by molar-refractivity contribution is 0.0526. The van der Waals surface area contributed by atoms with Crippen molar-refractivity contribution in [2.24, 2.45) is 0 Å². The summed E-state index contributed by atoms with van der Waals surface area (Å²) in [7, 11) is 0. The van der Waals surface area contributed by atoms with Gasteiger partial charge in [-0.3, -0.25) is 5.10 Å². The molecule has 0 aliphatic carbocycles. The first kappa shape index (κ1) is 22.0. The van der Waals surface area contributed by atoms with Crippen LogP contribution in [-0.2, 0) is 11.3 Å². The molecule has 0 amide bonds. The number of carbonyl (C=O) groups is 1. The topological polar surface area (TPSA) is 93.7 Å². The zero-order valence-corrected chi connectivity index (χ0v) is 18.4. The second-order valence-corrected chi connectivity index (χ2v) is 7.41. The molecule has 0 aliphatic heterocycles. The van der Waals surface area contributed by atoms with E-state index in [4.69, 9.17) is 14.2 Å². The minimum Gasteiger partial charge on any atom is -0.507 e. The first-order valence-corrected chi connectivity index (χ1v) is 10.5. The minimum atomic E-state index is -0.386. The molecule has 0 radical (unpaired) electrons. The van der Waals surface area contributed by atoms with Gasteiger partial charge in [0.05, 0.1) is 18.4 Å². The molecular weight excluding hydrogens is 420 g/mol. The third kappa shape index (κ3) is 5.33. The van der Waals surface area contributed by atoms with Gasteiger partial charge in [0, 0.05) is 11.6 Å². The number of phenolic OH excluding ortho intramolecular Hbond substituents is 1. The second kappa shape index (κ2) is 9.91. The number of aromatic hydroxyl groups is 1. The molecule has 4 aromatic rings. The quantitative estimate of drug-likeness (QED) is 0.342. The summed E-state index contributed by atoms with van der Waals surface area (Å²) < 4.78 is 16.7. The molecule has 1 aromatic heterocycles. The van der Waals surface area contributed by atoms with Crippen molar-refractivity contribution in [3.63, 3.8) is 0 Å². The summed E-state index contributed by atoms with van der Waals surface area (Å²) in [5.41, 5.74) is 3.71. The van der Waals surface area contributed by atoms with Crippen molar-refractivity contribution >= 4 is 5.97 Å². The number of nitrogens with one attached hydrogen (secondary N) is 1. The van der Waals surface area contributed by atoms with Crippen molar-refractivity contribution in [3.8, 4) is 34.3 Å². The van der Waals surface area contributed by atoms with Gasteiger partial charge < -0.3 is 19.3 Å². The van der Waals surface area contributed by atoms with E-state index in [0.717, 1.165) is 5.56 Å². The van der Waals surface area contributed by atoms with Crippen molar-refractivity contribution in [1.29, 1.82) is 0 Å². The molecule has 0 saturated heterocycles.